The first kappa shape index (κ1) is 25.8. The van der Waals surface area contributed by atoms with Gasteiger partial charge in [-0.1, -0.05) is 0 Å². The van der Waals surface area contributed by atoms with Crippen molar-refractivity contribution in [1.82, 2.24) is 5.43 Å². The van der Waals surface area contributed by atoms with E-state index in [1.54, 1.807) is 43.5 Å². The first-order valence-electron chi connectivity index (χ1n) is 9.81. The van der Waals surface area contributed by atoms with E-state index in [2.05, 4.69) is 42.4 Å². The highest BCUT2D eigenvalue weighted by atomic mass is 79.9. The topological polar surface area (TPSA) is 129 Å². The molecule has 0 aromatic heterocycles. The Balaban J connectivity index is 1.52. The first-order chi connectivity index (χ1) is 16.8. The third-order valence-corrected chi connectivity index (χ3v) is 5.61. The number of hydrogen-bond donors (Lipinski definition) is 1. The zero-order valence-corrected chi connectivity index (χ0v) is 21.2. The van der Waals surface area contributed by atoms with Crippen molar-refractivity contribution < 1.29 is 28.7 Å². The van der Waals surface area contributed by atoms with Gasteiger partial charge in [-0.15, -0.1) is 0 Å². The van der Waals surface area contributed by atoms with E-state index in [0.717, 1.165) is 0 Å². The Morgan fingerprint density at radius 1 is 1.03 bits per heavy atom. The number of hydrazone groups is 1. The number of methoxy groups -OCH3 is 1. The number of nitrogens with zero attached hydrogens (tertiary/aromatic N) is 2. The maximum absolute atomic E-state index is 12.3. The maximum atomic E-state index is 12.3. The van der Waals surface area contributed by atoms with E-state index < -0.39 is 16.8 Å². The maximum Gasteiger partial charge on any atom is 0.343 e. The summed E-state index contributed by atoms with van der Waals surface area (Å²) in [5, 5.41) is 14.6. The molecule has 0 fully saturated rings. The molecule has 3 rings (SSSR count). The van der Waals surface area contributed by atoms with Crippen molar-refractivity contribution in [3.05, 3.63) is 90.9 Å². The minimum atomic E-state index is -0.669. The van der Waals surface area contributed by atoms with Crippen LogP contribution in [-0.4, -0.2) is 36.7 Å². The van der Waals surface area contributed by atoms with Gasteiger partial charge < -0.3 is 14.2 Å². The van der Waals surface area contributed by atoms with Gasteiger partial charge in [0.05, 0.1) is 32.8 Å². The van der Waals surface area contributed by atoms with Gasteiger partial charge >= 0.3 is 5.97 Å². The van der Waals surface area contributed by atoms with Gasteiger partial charge in [-0.25, -0.2) is 10.2 Å². The quantitative estimate of drug-likeness (QED) is 0.121. The molecule has 0 saturated heterocycles. The molecule has 1 N–H and O–H groups in total. The summed E-state index contributed by atoms with van der Waals surface area (Å²) in [6.07, 6.45) is 1.41. The van der Waals surface area contributed by atoms with Crippen molar-refractivity contribution in [2.24, 2.45) is 5.10 Å². The molecule has 0 bridgehead atoms. The van der Waals surface area contributed by atoms with Crippen LogP contribution in [0.15, 0.2) is 74.7 Å². The van der Waals surface area contributed by atoms with Gasteiger partial charge in [-0.3, -0.25) is 14.9 Å². The van der Waals surface area contributed by atoms with Gasteiger partial charge in [0.2, 0.25) is 0 Å². The molecule has 0 atom stereocenters. The minimum absolute atomic E-state index is 0.126. The van der Waals surface area contributed by atoms with Crippen molar-refractivity contribution in [3.8, 4) is 17.2 Å². The molecule has 0 saturated carbocycles. The molecule has 35 heavy (non-hydrogen) atoms. The highest BCUT2D eigenvalue weighted by Crippen LogP contribution is 2.29. The van der Waals surface area contributed by atoms with Crippen LogP contribution in [0.25, 0.3) is 0 Å². The van der Waals surface area contributed by atoms with Gasteiger partial charge in [0.1, 0.15) is 17.2 Å². The van der Waals surface area contributed by atoms with Crippen LogP contribution in [0.1, 0.15) is 15.9 Å². The van der Waals surface area contributed by atoms with Gasteiger partial charge in [0.25, 0.3) is 11.6 Å². The first-order valence-corrected chi connectivity index (χ1v) is 11.4. The van der Waals surface area contributed by atoms with E-state index in [1.807, 2.05) is 0 Å². The summed E-state index contributed by atoms with van der Waals surface area (Å²) >= 11 is 6.66. The van der Waals surface area contributed by atoms with Gasteiger partial charge in [0, 0.05) is 12.1 Å². The number of halogens is 2. The molecule has 10 nitrogen and oxygen atoms in total. The van der Waals surface area contributed by atoms with Gasteiger partial charge in [0.15, 0.2) is 6.61 Å². The highest BCUT2D eigenvalue weighted by Gasteiger charge is 2.13. The van der Waals surface area contributed by atoms with E-state index >= 15 is 0 Å². The Bertz CT molecular complexity index is 1280. The molecule has 0 unspecified atom stereocenters. The third-order valence-electron chi connectivity index (χ3n) is 4.37. The molecule has 3 aromatic carbocycles. The van der Waals surface area contributed by atoms with E-state index in [9.17, 15) is 19.7 Å². The van der Waals surface area contributed by atoms with Gasteiger partial charge in [-0.2, -0.15) is 5.10 Å². The average Bonchev–Trinajstić information content (AvgIpc) is 2.84. The number of ether oxygens (including phenoxy) is 3. The van der Waals surface area contributed by atoms with E-state index in [-0.39, 0.29) is 23.6 Å². The number of benzene rings is 3. The Hall–Kier alpha value is -3.77. The van der Waals surface area contributed by atoms with Crippen molar-refractivity contribution >= 4 is 55.6 Å². The highest BCUT2D eigenvalue weighted by molar-refractivity contribution is 9.10. The summed E-state index contributed by atoms with van der Waals surface area (Å²) in [6.45, 7) is -0.247. The van der Waals surface area contributed by atoms with Gasteiger partial charge in [-0.05, 0) is 86.0 Å². The predicted octanol–water partition coefficient (Wildman–Crippen LogP) is 4.88. The number of nitro groups is 1. The van der Waals surface area contributed by atoms with Crippen LogP contribution in [0.2, 0.25) is 0 Å². The molecule has 0 aliphatic heterocycles. The lowest BCUT2D eigenvalue weighted by Crippen LogP contribution is -2.24. The lowest BCUT2D eigenvalue weighted by atomic mass is 10.2. The number of carbonyl (C=O) groups is 2. The Kier molecular flexibility index (Phi) is 8.92. The second-order valence-corrected chi connectivity index (χ2v) is 8.47. The second kappa shape index (κ2) is 12.1. The zero-order chi connectivity index (χ0) is 25.4. The number of rotatable bonds is 9. The number of amides is 1. The number of esters is 1. The Morgan fingerprint density at radius 2 is 1.71 bits per heavy atom. The molecule has 1 amide bonds. The number of carbonyl (C=O) groups excluding carboxylic acids is 2. The largest absolute Gasteiger partial charge is 0.497 e. The van der Waals surface area contributed by atoms with Crippen LogP contribution in [0, 0.1) is 10.1 Å². The average molecular weight is 607 g/mol. The molecule has 0 radical (unpaired) electrons. The number of non-ortho nitro benzene ring substituents is 1. The summed E-state index contributed by atoms with van der Waals surface area (Å²) < 4.78 is 17.0. The fourth-order valence-electron chi connectivity index (χ4n) is 2.64. The summed E-state index contributed by atoms with van der Waals surface area (Å²) in [6, 6.07) is 15.0. The van der Waals surface area contributed by atoms with Crippen molar-refractivity contribution in [1.29, 1.82) is 0 Å². The SMILES string of the molecule is COc1ccc(OCC(=O)N/N=C/c2ccc(OC(=O)c3ccc([N+](=O)[O-])cc3)c(Br)c2)c(Br)c1. The fraction of sp³-hybridized carbons (Fsp3) is 0.0870. The standard InChI is InChI=1S/C23H17Br2N3O7/c1-33-17-7-9-20(19(25)11-17)34-13-22(29)27-26-12-14-2-8-21(18(24)10-14)35-23(30)15-3-5-16(6-4-15)28(31)32/h2-12H,13H2,1H3,(H,27,29)/b26-12+. The Labute approximate surface area is 216 Å². The zero-order valence-electron chi connectivity index (χ0n) is 18.1. The summed E-state index contributed by atoms with van der Waals surface area (Å²) in [5.41, 5.74) is 3.02. The minimum Gasteiger partial charge on any atom is -0.497 e. The van der Waals surface area contributed by atoms with Crippen LogP contribution in [-0.2, 0) is 4.79 Å². The van der Waals surface area contributed by atoms with Crippen molar-refractivity contribution in [2.75, 3.05) is 13.7 Å². The normalized spacial score (nSPS) is 10.6. The molecular formula is C23H17Br2N3O7. The van der Waals surface area contributed by atoms with Crippen LogP contribution < -0.4 is 19.6 Å². The second-order valence-electron chi connectivity index (χ2n) is 6.76. The molecule has 0 heterocycles. The summed E-state index contributed by atoms with van der Waals surface area (Å²) in [5.74, 6) is 0.242. The molecule has 12 heteroatoms. The number of hydrogen-bond acceptors (Lipinski definition) is 8. The predicted molar refractivity (Wildman–Crippen MR) is 134 cm³/mol. The van der Waals surface area contributed by atoms with Crippen LogP contribution >= 0.6 is 31.9 Å². The lowest BCUT2D eigenvalue weighted by Gasteiger charge is -2.08. The molecule has 0 aliphatic rings. The van der Waals surface area contributed by atoms with Crippen molar-refractivity contribution in [2.45, 2.75) is 0 Å². The van der Waals surface area contributed by atoms with E-state index in [4.69, 9.17) is 14.2 Å². The molecule has 0 aliphatic carbocycles. The third kappa shape index (κ3) is 7.36. The van der Waals surface area contributed by atoms with Crippen molar-refractivity contribution in [3.63, 3.8) is 0 Å². The lowest BCUT2D eigenvalue weighted by molar-refractivity contribution is -0.384. The molecule has 3 aromatic rings. The molecule has 180 valence electrons. The summed E-state index contributed by atoms with van der Waals surface area (Å²) in [4.78, 5) is 34.4. The van der Waals surface area contributed by atoms with Crippen LogP contribution in [0.4, 0.5) is 5.69 Å². The fourth-order valence-corrected chi connectivity index (χ4v) is 3.59. The van der Waals surface area contributed by atoms with E-state index in [0.29, 0.717) is 26.0 Å². The monoisotopic (exact) mass is 605 g/mol. The molecule has 0 spiro atoms. The Morgan fingerprint density at radius 3 is 2.34 bits per heavy atom. The number of nitrogens with one attached hydrogen (secondary N) is 1. The smallest absolute Gasteiger partial charge is 0.343 e. The van der Waals surface area contributed by atoms with E-state index in [1.165, 1.54) is 30.5 Å². The van der Waals surface area contributed by atoms with Crippen LogP contribution in [0.5, 0.6) is 17.2 Å². The van der Waals surface area contributed by atoms with Crippen LogP contribution in [0.3, 0.4) is 0 Å². The molecular weight excluding hydrogens is 590 g/mol. The summed E-state index contributed by atoms with van der Waals surface area (Å²) in [7, 11) is 1.55. The number of nitro benzene ring substituents is 1.